The maximum absolute atomic E-state index is 11.9. The number of amides is 1. The van der Waals surface area contributed by atoms with Crippen molar-refractivity contribution in [2.75, 3.05) is 52.9 Å². The zero-order valence-corrected chi connectivity index (χ0v) is 10.3. The van der Waals surface area contributed by atoms with Crippen molar-refractivity contribution in [1.82, 2.24) is 15.1 Å². The third kappa shape index (κ3) is 4.47. The Morgan fingerprint density at radius 1 is 1.50 bits per heavy atom. The number of aliphatic hydroxyl groups is 1. The molecule has 5 nitrogen and oxygen atoms in total. The molecule has 1 unspecified atom stereocenters. The van der Waals surface area contributed by atoms with E-state index in [4.69, 9.17) is 5.11 Å². The fourth-order valence-electron chi connectivity index (χ4n) is 1.90. The normalized spacial score (nSPS) is 18.9. The van der Waals surface area contributed by atoms with E-state index in [2.05, 4.69) is 5.32 Å². The van der Waals surface area contributed by atoms with E-state index in [0.29, 0.717) is 6.54 Å². The van der Waals surface area contributed by atoms with Gasteiger partial charge < -0.3 is 15.3 Å². The van der Waals surface area contributed by atoms with Crippen LogP contribution < -0.4 is 5.32 Å². The summed E-state index contributed by atoms with van der Waals surface area (Å²) >= 11 is 0. The first kappa shape index (κ1) is 13.4. The van der Waals surface area contributed by atoms with E-state index in [0.717, 1.165) is 32.7 Å². The van der Waals surface area contributed by atoms with Crippen LogP contribution >= 0.6 is 0 Å². The lowest BCUT2D eigenvalue weighted by atomic mass is 10.2. The molecule has 94 valence electrons. The van der Waals surface area contributed by atoms with Crippen LogP contribution in [0.4, 0.5) is 0 Å². The van der Waals surface area contributed by atoms with Crippen molar-refractivity contribution in [2.45, 2.75) is 6.92 Å². The predicted molar refractivity (Wildman–Crippen MR) is 63.2 cm³/mol. The highest BCUT2D eigenvalue weighted by Crippen LogP contribution is 1.99. The van der Waals surface area contributed by atoms with Crippen LogP contribution in [0.1, 0.15) is 6.92 Å². The maximum Gasteiger partial charge on any atom is 0.236 e. The lowest BCUT2D eigenvalue weighted by molar-refractivity contribution is -0.132. The Morgan fingerprint density at radius 2 is 2.12 bits per heavy atom. The number of aliphatic hydroxyl groups excluding tert-OH is 1. The summed E-state index contributed by atoms with van der Waals surface area (Å²) in [5.41, 5.74) is 0. The Kier molecular flexibility index (Phi) is 5.73. The summed E-state index contributed by atoms with van der Waals surface area (Å²) in [5.74, 6) is 0.412. The minimum atomic E-state index is 0.173. The first-order valence-electron chi connectivity index (χ1n) is 5.91. The van der Waals surface area contributed by atoms with E-state index >= 15 is 0 Å². The number of nitrogens with zero attached hydrogens (tertiary/aromatic N) is 2. The van der Waals surface area contributed by atoms with Gasteiger partial charge in [-0.15, -0.1) is 0 Å². The minimum absolute atomic E-state index is 0.173. The summed E-state index contributed by atoms with van der Waals surface area (Å²) in [6.45, 7) is 6.76. The average Bonchev–Trinajstić information content (AvgIpc) is 2.29. The van der Waals surface area contributed by atoms with Gasteiger partial charge in [-0.2, -0.15) is 0 Å². The van der Waals surface area contributed by atoms with E-state index < -0.39 is 0 Å². The molecule has 1 heterocycles. The Balaban J connectivity index is 2.26. The largest absolute Gasteiger partial charge is 0.396 e. The molecule has 1 amide bonds. The predicted octanol–water partition coefficient (Wildman–Crippen LogP) is -1.02. The second-order valence-corrected chi connectivity index (χ2v) is 4.62. The third-order valence-electron chi connectivity index (χ3n) is 2.81. The van der Waals surface area contributed by atoms with Crippen LogP contribution in [-0.2, 0) is 4.79 Å². The number of carbonyl (C=O) groups excluding carboxylic acids is 1. The molecule has 1 aliphatic rings. The SMILES string of the molecule is CC(CO)CN(C)CC(=O)N1CCNCC1. The zero-order chi connectivity index (χ0) is 12.0. The molecule has 1 atom stereocenters. The number of piperazine rings is 1. The van der Waals surface area contributed by atoms with Crippen LogP contribution in [0, 0.1) is 5.92 Å². The van der Waals surface area contributed by atoms with Crippen molar-refractivity contribution in [2.24, 2.45) is 5.92 Å². The smallest absolute Gasteiger partial charge is 0.236 e. The summed E-state index contributed by atoms with van der Waals surface area (Å²) in [4.78, 5) is 15.7. The number of hydrogen-bond acceptors (Lipinski definition) is 4. The van der Waals surface area contributed by atoms with Gasteiger partial charge in [0.1, 0.15) is 0 Å². The Labute approximate surface area is 97.4 Å². The fraction of sp³-hybridized carbons (Fsp3) is 0.909. The highest BCUT2D eigenvalue weighted by Gasteiger charge is 2.18. The zero-order valence-electron chi connectivity index (χ0n) is 10.3. The minimum Gasteiger partial charge on any atom is -0.396 e. The van der Waals surface area contributed by atoms with E-state index in [1.54, 1.807) is 0 Å². The monoisotopic (exact) mass is 229 g/mol. The molecule has 2 N–H and O–H groups in total. The molecule has 1 rings (SSSR count). The van der Waals surface area contributed by atoms with Gasteiger partial charge in [0, 0.05) is 39.3 Å². The van der Waals surface area contributed by atoms with Gasteiger partial charge in [-0.1, -0.05) is 6.92 Å². The second-order valence-electron chi connectivity index (χ2n) is 4.62. The summed E-state index contributed by atoms with van der Waals surface area (Å²) in [7, 11) is 1.92. The van der Waals surface area contributed by atoms with Crippen LogP contribution in [0.3, 0.4) is 0 Å². The summed E-state index contributed by atoms with van der Waals surface area (Å²) in [6, 6.07) is 0. The van der Waals surface area contributed by atoms with Gasteiger partial charge in [-0.25, -0.2) is 0 Å². The van der Waals surface area contributed by atoms with Gasteiger partial charge in [-0.3, -0.25) is 9.69 Å². The molecule has 0 aromatic heterocycles. The average molecular weight is 229 g/mol. The highest BCUT2D eigenvalue weighted by atomic mass is 16.3. The number of rotatable bonds is 5. The van der Waals surface area contributed by atoms with Crippen LogP contribution in [0.2, 0.25) is 0 Å². The quantitative estimate of drug-likeness (QED) is 0.633. The van der Waals surface area contributed by atoms with Gasteiger partial charge >= 0.3 is 0 Å². The van der Waals surface area contributed by atoms with Crippen molar-refractivity contribution in [1.29, 1.82) is 0 Å². The second kappa shape index (κ2) is 6.83. The van der Waals surface area contributed by atoms with Crippen molar-refractivity contribution in [3.63, 3.8) is 0 Å². The van der Waals surface area contributed by atoms with Crippen LogP contribution in [0.5, 0.6) is 0 Å². The molecule has 0 aromatic rings. The molecule has 1 aliphatic heterocycles. The van der Waals surface area contributed by atoms with Crippen LogP contribution in [-0.4, -0.2) is 73.7 Å². The molecule has 1 saturated heterocycles. The fourth-order valence-corrected chi connectivity index (χ4v) is 1.90. The van der Waals surface area contributed by atoms with E-state index in [1.165, 1.54) is 0 Å². The Bertz CT molecular complexity index is 217. The lowest BCUT2D eigenvalue weighted by Crippen LogP contribution is -2.49. The molecule has 0 aliphatic carbocycles. The topological polar surface area (TPSA) is 55.8 Å². The molecule has 0 spiro atoms. The van der Waals surface area contributed by atoms with E-state index in [9.17, 15) is 4.79 Å². The molecular formula is C11H23N3O2. The van der Waals surface area contributed by atoms with Crippen molar-refractivity contribution < 1.29 is 9.90 Å². The lowest BCUT2D eigenvalue weighted by Gasteiger charge is -2.29. The van der Waals surface area contributed by atoms with Crippen molar-refractivity contribution in [3.8, 4) is 0 Å². The van der Waals surface area contributed by atoms with Crippen LogP contribution in [0.15, 0.2) is 0 Å². The first-order chi connectivity index (χ1) is 7.63. The third-order valence-corrected chi connectivity index (χ3v) is 2.81. The van der Waals surface area contributed by atoms with E-state index in [-0.39, 0.29) is 18.4 Å². The van der Waals surface area contributed by atoms with E-state index in [1.807, 2.05) is 23.8 Å². The molecule has 0 radical (unpaired) electrons. The molecule has 5 heteroatoms. The standard InChI is InChI=1S/C11H23N3O2/c1-10(9-15)7-13(2)8-11(16)14-5-3-12-4-6-14/h10,12,15H,3-9H2,1-2H3. The summed E-state index contributed by atoms with van der Waals surface area (Å²) < 4.78 is 0. The summed E-state index contributed by atoms with van der Waals surface area (Å²) in [5, 5.41) is 12.2. The Morgan fingerprint density at radius 3 is 2.69 bits per heavy atom. The van der Waals surface area contributed by atoms with Gasteiger partial charge in [-0.05, 0) is 13.0 Å². The number of nitrogens with one attached hydrogen (secondary N) is 1. The number of likely N-dealkylation sites (N-methyl/N-ethyl adjacent to an activating group) is 1. The number of hydrogen-bond donors (Lipinski definition) is 2. The van der Waals surface area contributed by atoms with Gasteiger partial charge in [0.25, 0.3) is 0 Å². The first-order valence-corrected chi connectivity index (χ1v) is 5.91. The van der Waals surface area contributed by atoms with Gasteiger partial charge in [0.15, 0.2) is 0 Å². The molecule has 16 heavy (non-hydrogen) atoms. The molecule has 0 aromatic carbocycles. The summed E-state index contributed by atoms with van der Waals surface area (Å²) in [6.07, 6.45) is 0. The van der Waals surface area contributed by atoms with Gasteiger partial charge in [0.05, 0.1) is 6.54 Å². The molecule has 1 fully saturated rings. The molecular weight excluding hydrogens is 206 g/mol. The van der Waals surface area contributed by atoms with Crippen molar-refractivity contribution in [3.05, 3.63) is 0 Å². The van der Waals surface area contributed by atoms with Crippen LogP contribution in [0.25, 0.3) is 0 Å². The van der Waals surface area contributed by atoms with Crippen molar-refractivity contribution >= 4 is 5.91 Å². The molecule has 0 bridgehead atoms. The highest BCUT2D eigenvalue weighted by molar-refractivity contribution is 5.78. The molecule has 0 saturated carbocycles. The Hall–Kier alpha value is -0.650. The number of carbonyl (C=O) groups is 1. The maximum atomic E-state index is 11.9. The van der Waals surface area contributed by atoms with Gasteiger partial charge in [0.2, 0.25) is 5.91 Å².